The number of rotatable bonds is 0. The number of hydrogen-bond acceptors (Lipinski definition) is 0. The van der Waals surface area contributed by atoms with Crippen molar-refractivity contribution >= 4 is 30.5 Å². The molecule has 0 spiro atoms. The molecule has 0 aliphatic rings. The fourth-order valence-corrected chi connectivity index (χ4v) is 0. The molecule has 0 heterocycles. The van der Waals surface area contributed by atoms with Crippen molar-refractivity contribution in [3.8, 4) is 0 Å². The van der Waals surface area contributed by atoms with Gasteiger partial charge in [-0.3, -0.25) is 0 Å². The van der Waals surface area contributed by atoms with E-state index in [1.807, 2.05) is 17.1 Å². The molecule has 0 aromatic carbocycles. The predicted molar refractivity (Wildman–Crippen MR) is 35.1 cm³/mol. The fraction of sp³-hybridized carbons (Fsp3) is 1.00. The van der Waals surface area contributed by atoms with Crippen LogP contribution in [-0.2, 0) is 0 Å². The molecule has 0 unspecified atom stereocenters. The molecule has 0 nitrogen and oxygen atoms in total. The predicted octanol–water partition coefficient (Wildman–Crippen LogP) is 2.75. The van der Waals surface area contributed by atoms with Gasteiger partial charge in [-0.25, -0.2) is 0 Å². The minimum atomic E-state index is -2.54. The van der Waals surface area contributed by atoms with Crippen LogP contribution in [0.2, 0.25) is 17.1 Å². The second-order valence-electron chi connectivity index (χ2n) is 2.42. The van der Waals surface area contributed by atoms with Gasteiger partial charge in [-0.2, -0.15) is 0 Å². The standard InChI is InChI=1S/C3H9AsCl2/c1-4(2,3,5)6/h1-3H3. The summed E-state index contributed by atoms with van der Waals surface area (Å²) in [7, 11) is 8.92. The van der Waals surface area contributed by atoms with Crippen molar-refractivity contribution in [1.82, 2.24) is 0 Å². The van der Waals surface area contributed by atoms with E-state index in [0.29, 0.717) is 0 Å². The van der Waals surface area contributed by atoms with E-state index in [-0.39, 0.29) is 0 Å². The van der Waals surface area contributed by atoms with Crippen molar-refractivity contribution in [1.29, 1.82) is 0 Å². The van der Waals surface area contributed by atoms with E-state index >= 15 is 0 Å². The van der Waals surface area contributed by atoms with E-state index in [4.69, 9.17) is 19.9 Å². The normalized spacial score (nSPS) is 19.2. The summed E-state index contributed by atoms with van der Waals surface area (Å²) in [6.07, 6.45) is 0. The summed E-state index contributed by atoms with van der Waals surface area (Å²) < 4.78 is 0. The zero-order valence-electron chi connectivity index (χ0n) is 4.20. The molecule has 0 atom stereocenters. The molecule has 0 fully saturated rings. The fourth-order valence-electron chi connectivity index (χ4n) is 0. The van der Waals surface area contributed by atoms with Crippen molar-refractivity contribution in [2.45, 2.75) is 17.1 Å². The van der Waals surface area contributed by atoms with Gasteiger partial charge in [-0.05, 0) is 0 Å². The van der Waals surface area contributed by atoms with Crippen molar-refractivity contribution in [3.63, 3.8) is 0 Å². The Kier molecular flexibility index (Phi) is 1.55. The topological polar surface area (TPSA) is 0 Å². The molecule has 0 aliphatic carbocycles. The van der Waals surface area contributed by atoms with Crippen LogP contribution in [0.1, 0.15) is 0 Å². The van der Waals surface area contributed by atoms with E-state index < -0.39 is 10.6 Å². The molecule has 6 heavy (non-hydrogen) atoms. The molecule has 0 amide bonds. The molecule has 0 rings (SSSR count). The van der Waals surface area contributed by atoms with Gasteiger partial charge in [0.05, 0.1) is 0 Å². The molecule has 0 saturated heterocycles. The molecule has 0 radical (unpaired) electrons. The number of halogens is 2. The first-order valence-electron chi connectivity index (χ1n) is 1.68. The minimum absolute atomic E-state index is 1.92. The van der Waals surface area contributed by atoms with E-state index in [1.165, 1.54) is 0 Å². The van der Waals surface area contributed by atoms with Gasteiger partial charge in [0.15, 0.2) is 0 Å². The Morgan fingerprint density at radius 1 is 1.00 bits per heavy atom. The number of hydrogen-bond donors (Lipinski definition) is 0. The maximum absolute atomic E-state index is 5.73. The Morgan fingerprint density at radius 3 is 1.00 bits per heavy atom. The molecule has 0 saturated carbocycles. The van der Waals surface area contributed by atoms with Gasteiger partial charge in [-0.1, -0.05) is 0 Å². The summed E-state index contributed by atoms with van der Waals surface area (Å²) in [4.78, 5) is 0. The van der Waals surface area contributed by atoms with E-state index in [9.17, 15) is 0 Å². The first-order valence-corrected chi connectivity index (χ1v) is 12.2. The Morgan fingerprint density at radius 2 is 1.00 bits per heavy atom. The quantitative estimate of drug-likeness (QED) is 0.516. The molecule has 0 aliphatic heterocycles. The monoisotopic (exact) mass is 190 g/mol. The molecule has 0 aromatic heterocycles. The molecular formula is C3H9AsCl2. The van der Waals surface area contributed by atoms with Crippen LogP contribution in [0.25, 0.3) is 0 Å². The van der Waals surface area contributed by atoms with Crippen molar-refractivity contribution in [2.24, 2.45) is 0 Å². The van der Waals surface area contributed by atoms with Crippen molar-refractivity contribution in [2.75, 3.05) is 0 Å². The summed E-state index contributed by atoms with van der Waals surface area (Å²) in [5.74, 6) is 0. The summed E-state index contributed by atoms with van der Waals surface area (Å²) in [6.45, 7) is 0. The molecule has 0 bridgehead atoms. The van der Waals surface area contributed by atoms with Gasteiger partial charge < -0.3 is 0 Å². The Bertz CT molecular complexity index is 42.0. The summed E-state index contributed by atoms with van der Waals surface area (Å²) in [6, 6.07) is 0. The van der Waals surface area contributed by atoms with Crippen LogP contribution < -0.4 is 0 Å². The van der Waals surface area contributed by atoms with Crippen LogP contribution in [0.15, 0.2) is 0 Å². The van der Waals surface area contributed by atoms with Gasteiger partial charge in [0.25, 0.3) is 0 Å². The van der Waals surface area contributed by atoms with Gasteiger partial charge in [0.1, 0.15) is 0 Å². The van der Waals surface area contributed by atoms with E-state index in [2.05, 4.69) is 0 Å². The summed E-state index contributed by atoms with van der Waals surface area (Å²) in [5.41, 5.74) is 5.76. The molecule has 0 aromatic rings. The SMILES string of the molecule is C[As](C)(C)(Cl)Cl. The van der Waals surface area contributed by atoms with E-state index in [1.54, 1.807) is 0 Å². The van der Waals surface area contributed by atoms with Gasteiger partial charge >= 0.3 is 47.6 Å². The van der Waals surface area contributed by atoms with Crippen LogP contribution in [0.5, 0.6) is 0 Å². The first-order chi connectivity index (χ1) is 2.24. The second kappa shape index (κ2) is 1.31. The Balaban J connectivity index is 3.73. The van der Waals surface area contributed by atoms with E-state index in [0.717, 1.165) is 0 Å². The first kappa shape index (κ1) is 7.14. The Hall–Kier alpha value is 1.14. The van der Waals surface area contributed by atoms with Crippen LogP contribution in [0.4, 0.5) is 0 Å². The third-order valence-electron chi connectivity index (χ3n) is 0. The molecule has 0 N–H and O–H groups in total. The molecule has 3 heteroatoms. The van der Waals surface area contributed by atoms with Crippen molar-refractivity contribution < 1.29 is 0 Å². The van der Waals surface area contributed by atoms with Gasteiger partial charge in [0.2, 0.25) is 0 Å². The second-order valence-corrected chi connectivity index (χ2v) is 25.8. The molecule has 40 valence electrons. The summed E-state index contributed by atoms with van der Waals surface area (Å²) in [5, 5.41) is 0. The third kappa shape index (κ3) is 67.9. The van der Waals surface area contributed by atoms with Crippen LogP contribution in [0, 0.1) is 0 Å². The van der Waals surface area contributed by atoms with Crippen LogP contribution in [-0.4, -0.2) is 10.6 Å². The van der Waals surface area contributed by atoms with Gasteiger partial charge in [-0.15, -0.1) is 0 Å². The van der Waals surface area contributed by atoms with Crippen molar-refractivity contribution in [3.05, 3.63) is 0 Å². The molecular weight excluding hydrogens is 182 g/mol. The van der Waals surface area contributed by atoms with Gasteiger partial charge in [0, 0.05) is 0 Å². The van der Waals surface area contributed by atoms with Crippen LogP contribution >= 0.6 is 19.9 Å². The van der Waals surface area contributed by atoms with Crippen LogP contribution in [0.3, 0.4) is 0 Å². The zero-order chi connectivity index (χ0) is 5.45. The maximum atomic E-state index is 5.73. The average Bonchev–Trinajstić information content (AvgIpc) is 0.650. The Labute approximate surface area is 47.8 Å². The summed E-state index contributed by atoms with van der Waals surface area (Å²) >= 11 is 0. The average molecular weight is 191 g/mol. The third-order valence-corrected chi connectivity index (χ3v) is 0. The zero-order valence-corrected chi connectivity index (χ0v) is 7.59.